The molecule has 1 aromatic heterocycles. The molecule has 3 rings (SSSR count). The van der Waals surface area contributed by atoms with Gasteiger partial charge in [-0.3, -0.25) is 10.1 Å². The molecule has 0 bridgehead atoms. The molecule has 158 valence electrons. The molecule has 0 aliphatic heterocycles. The van der Waals surface area contributed by atoms with Crippen LogP contribution in [0, 0.1) is 6.92 Å². The molecule has 30 heavy (non-hydrogen) atoms. The van der Waals surface area contributed by atoms with Crippen LogP contribution < -0.4 is 10.0 Å². The lowest BCUT2D eigenvalue weighted by Crippen LogP contribution is -2.23. The molecule has 0 unspecified atom stereocenters. The van der Waals surface area contributed by atoms with Crippen molar-refractivity contribution in [1.29, 1.82) is 0 Å². The fourth-order valence-corrected chi connectivity index (χ4v) is 4.91. The minimum Gasteiger partial charge on any atom is -0.296 e. The first kappa shape index (κ1) is 22.1. The molecule has 2 aromatic carbocycles. The molecular weight excluding hydrogens is 420 g/mol. The van der Waals surface area contributed by atoms with Crippen LogP contribution in [0.15, 0.2) is 46.8 Å². The number of amides is 1. The second-order valence-electron chi connectivity index (χ2n) is 6.83. The van der Waals surface area contributed by atoms with Gasteiger partial charge in [0.25, 0.3) is 15.9 Å². The third kappa shape index (κ3) is 5.29. The van der Waals surface area contributed by atoms with E-state index in [4.69, 9.17) is 0 Å². The van der Waals surface area contributed by atoms with Crippen LogP contribution >= 0.6 is 11.3 Å². The van der Waals surface area contributed by atoms with E-state index in [1.165, 1.54) is 0 Å². The summed E-state index contributed by atoms with van der Waals surface area (Å²) >= 11 is 0.815. The Kier molecular flexibility index (Phi) is 6.96. The van der Waals surface area contributed by atoms with Crippen molar-refractivity contribution in [2.75, 3.05) is 5.32 Å². The normalized spacial score (nSPS) is 11.4. The van der Waals surface area contributed by atoms with Crippen LogP contribution in [-0.2, 0) is 29.4 Å². The van der Waals surface area contributed by atoms with E-state index in [9.17, 15) is 13.2 Å². The van der Waals surface area contributed by atoms with Crippen LogP contribution in [0.5, 0.6) is 0 Å². The van der Waals surface area contributed by atoms with Gasteiger partial charge in [0, 0.05) is 12.1 Å². The molecule has 9 heteroatoms. The van der Waals surface area contributed by atoms with E-state index in [1.807, 2.05) is 32.0 Å². The fourth-order valence-electron chi connectivity index (χ4n) is 2.97. The summed E-state index contributed by atoms with van der Waals surface area (Å²) in [5, 5.41) is 10.3. The maximum Gasteiger partial charge on any atom is 0.270 e. The number of hydrogen-bond donors (Lipinski definition) is 2. The Balaban J connectivity index is 1.71. The zero-order chi connectivity index (χ0) is 21.7. The number of sulfonamides is 1. The Morgan fingerprint density at radius 1 is 1.03 bits per heavy atom. The van der Waals surface area contributed by atoms with Crippen LogP contribution in [0.3, 0.4) is 0 Å². The van der Waals surface area contributed by atoms with E-state index in [-0.39, 0.29) is 21.9 Å². The van der Waals surface area contributed by atoms with Gasteiger partial charge in [-0.15, -0.1) is 10.2 Å². The summed E-state index contributed by atoms with van der Waals surface area (Å²) in [6.07, 6.45) is 1.69. The van der Waals surface area contributed by atoms with Crippen LogP contribution in [-0.4, -0.2) is 24.5 Å². The monoisotopic (exact) mass is 444 g/mol. The molecule has 0 radical (unpaired) electrons. The third-order valence-electron chi connectivity index (χ3n) is 4.65. The predicted molar refractivity (Wildman–Crippen MR) is 118 cm³/mol. The third-order valence-corrected chi connectivity index (χ3v) is 7.26. The van der Waals surface area contributed by atoms with E-state index < -0.39 is 10.0 Å². The number of aromatic nitrogens is 2. The Hall–Kier alpha value is -2.62. The number of nitrogens with zero attached hydrogens (tertiary/aromatic N) is 2. The molecule has 0 aliphatic carbocycles. The summed E-state index contributed by atoms with van der Waals surface area (Å²) < 4.78 is 27.7. The molecule has 3 aromatic rings. The van der Waals surface area contributed by atoms with Crippen molar-refractivity contribution in [3.63, 3.8) is 0 Å². The quantitative estimate of drug-likeness (QED) is 0.516. The Bertz CT molecular complexity index is 1160. The summed E-state index contributed by atoms with van der Waals surface area (Å²) in [4.78, 5) is 12.3. The second-order valence-corrected chi connectivity index (χ2v) is 9.75. The van der Waals surface area contributed by atoms with E-state index in [1.54, 1.807) is 18.2 Å². The molecule has 7 nitrogen and oxygen atoms in total. The van der Waals surface area contributed by atoms with Gasteiger partial charge < -0.3 is 0 Å². The largest absolute Gasteiger partial charge is 0.296 e. The molecule has 0 fully saturated rings. The van der Waals surface area contributed by atoms with Gasteiger partial charge in [-0.1, -0.05) is 61.1 Å². The molecule has 0 aliphatic rings. The number of hydrogen-bond acceptors (Lipinski definition) is 6. The molecule has 1 amide bonds. The van der Waals surface area contributed by atoms with Crippen molar-refractivity contribution in [3.8, 4) is 0 Å². The number of carbonyl (C=O) groups excluding carboxylic acids is 1. The van der Waals surface area contributed by atoms with Gasteiger partial charge in [-0.2, -0.15) is 0 Å². The number of nitrogens with one attached hydrogen (secondary N) is 2. The summed E-state index contributed by atoms with van der Waals surface area (Å²) in [7, 11) is -3.85. The zero-order valence-corrected chi connectivity index (χ0v) is 18.7. The Morgan fingerprint density at radius 2 is 1.83 bits per heavy atom. The summed E-state index contributed by atoms with van der Waals surface area (Å²) in [6, 6.07) is 13.2. The number of rotatable bonds is 8. The van der Waals surface area contributed by atoms with E-state index in [0.717, 1.165) is 46.4 Å². The van der Waals surface area contributed by atoms with Gasteiger partial charge in [0.15, 0.2) is 0 Å². The SMILES string of the molecule is CCc1ccc(CC)c(CNS(=O)(=O)c2nnc(NC(=O)c3cccc(C)c3)s2)c1. The van der Waals surface area contributed by atoms with Crippen molar-refractivity contribution in [1.82, 2.24) is 14.9 Å². The highest BCUT2D eigenvalue weighted by atomic mass is 32.2. The maximum atomic E-state index is 12.7. The summed E-state index contributed by atoms with van der Waals surface area (Å²) in [6.45, 7) is 6.15. The highest BCUT2D eigenvalue weighted by Gasteiger charge is 2.21. The van der Waals surface area contributed by atoms with Gasteiger partial charge in [-0.25, -0.2) is 13.1 Å². The number of carbonyl (C=O) groups is 1. The molecule has 0 spiro atoms. The van der Waals surface area contributed by atoms with Crippen LogP contribution in [0.2, 0.25) is 0 Å². The minimum atomic E-state index is -3.85. The maximum absolute atomic E-state index is 12.7. The zero-order valence-electron chi connectivity index (χ0n) is 17.1. The Morgan fingerprint density at radius 3 is 2.53 bits per heavy atom. The molecule has 0 atom stereocenters. The van der Waals surface area contributed by atoms with Crippen molar-refractivity contribution in [2.45, 2.75) is 44.5 Å². The number of aryl methyl sites for hydroxylation is 3. The van der Waals surface area contributed by atoms with Crippen molar-refractivity contribution < 1.29 is 13.2 Å². The predicted octanol–water partition coefficient (Wildman–Crippen LogP) is 3.70. The topological polar surface area (TPSA) is 101 Å². The lowest BCUT2D eigenvalue weighted by atomic mass is 10.0. The number of anilines is 1. The highest BCUT2D eigenvalue weighted by molar-refractivity contribution is 7.91. The Labute approximate surface area is 180 Å². The fraction of sp³-hybridized carbons (Fsp3) is 0.286. The van der Waals surface area contributed by atoms with E-state index >= 15 is 0 Å². The lowest BCUT2D eigenvalue weighted by Gasteiger charge is -2.10. The first-order valence-corrected chi connectivity index (χ1v) is 11.9. The van der Waals surface area contributed by atoms with Crippen LogP contribution in [0.1, 0.15) is 46.5 Å². The standard InChI is InChI=1S/C21H24N4O3S2/c1-4-15-9-10-16(5-2)18(12-15)13-22-30(27,28)21-25-24-20(29-21)23-19(26)17-8-6-7-14(3)11-17/h6-12,22H,4-5,13H2,1-3H3,(H,23,24,26). The van der Waals surface area contributed by atoms with E-state index in [0.29, 0.717) is 5.56 Å². The minimum absolute atomic E-state index is 0.129. The van der Waals surface area contributed by atoms with Gasteiger partial charge in [0.05, 0.1) is 0 Å². The second kappa shape index (κ2) is 9.46. The average Bonchev–Trinajstić information content (AvgIpc) is 3.21. The lowest BCUT2D eigenvalue weighted by molar-refractivity contribution is 0.102. The van der Waals surface area contributed by atoms with Crippen molar-refractivity contribution in [3.05, 3.63) is 70.3 Å². The van der Waals surface area contributed by atoms with Gasteiger partial charge in [0.2, 0.25) is 9.47 Å². The van der Waals surface area contributed by atoms with Crippen LogP contribution in [0.4, 0.5) is 5.13 Å². The van der Waals surface area contributed by atoms with Crippen LogP contribution in [0.25, 0.3) is 0 Å². The molecule has 0 saturated carbocycles. The van der Waals surface area contributed by atoms with Crippen molar-refractivity contribution in [2.24, 2.45) is 0 Å². The van der Waals surface area contributed by atoms with Gasteiger partial charge >= 0.3 is 0 Å². The molecular formula is C21H24N4O3S2. The van der Waals surface area contributed by atoms with Gasteiger partial charge in [-0.05, 0) is 48.6 Å². The van der Waals surface area contributed by atoms with E-state index in [2.05, 4.69) is 33.2 Å². The van der Waals surface area contributed by atoms with Gasteiger partial charge in [0.1, 0.15) is 0 Å². The summed E-state index contributed by atoms with van der Waals surface area (Å²) in [5.74, 6) is -0.365. The first-order chi connectivity index (χ1) is 14.3. The first-order valence-electron chi connectivity index (χ1n) is 9.64. The molecule has 1 heterocycles. The average molecular weight is 445 g/mol. The summed E-state index contributed by atoms with van der Waals surface area (Å²) in [5.41, 5.74) is 4.61. The molecule has 2 N–H and O–H groups in total. The molecule has 0 saturated heterocycles. The smallest absolute Gasteiger partial charge is 0.270 e. The number of benzene rings is 2. The highest BCUT2D eigenvalue weighted by Crippen LogP contribution is 2.21. The van der Waals surface area contributed by atoms with Crippen molar-refractivity contribution >= 4 is 32.4 Å².